The third kappa shape index (κ3) is 3.71. The van der Waals surface area contributed by atoms with Gasteiger partial charge in [-0.05, 0) is 24.6 Å². The van der Waals surface area contributed by atoms with E-state index in [4.69, 9.17) is 9.84 Å². The lowest BCUT2D eigenvalue weighted by Crippen LogP contribution is -2.34. The molecule has 0 saturated heterocycles. The van der Waals surface area contributed by atoms with Crippen LogP contribution in [0.5, 0.6) is 5.75 Å². The monoisotopic (exact) mass is 315 g/mol. The summed E-state index contributed by atoms with van der Waals surface area (Å²) in [6.45, 7) is 2.92. The molecule has 1 N–H and O–H groups in total. The van der Waals surface area contributed by atoms with Crippen LogP contribution < -0.4 is 4.74 Å². The summed E-state index contributed by atoms with van der Waals surface area (Å²) in [7, 11) is 1.54. The molecule has 0 spiro atoms. The average molecular weight is 316 g/mol. The Morgan fingerprint density at radius 2 is 2.17 bits per heavy atom. The highest BCUT2D eigenvalue weighted by Gasteiger charge is 2.18. The number of hydrogen-bond donors (Lipinski definition) is 1. The van der Waals surface area contributed by atoms with Crippen molar-refractivity contribution in [1.29, 1.82) is 0 Å². The van der Waals surface area contributed by atoms with Crippen LogP contribution in [-0.2, 0) is 0 Å². The van der Waals surface area contributed by atoms with Crippen LogP contribution in [0.3, 0.4) is 0 Å². The Morgan fingerprint density at radius 3 is 2.72 bits per heavy atom. The van der Waals surface area contributed by atoms with Crippen LogP contribution in [0.1, 0.15) is 23.7 Å². The van der Waals surface area contributed by atoms with E-state index < -0.39 is 0 Å². The fraction of sp³-hybridized carbons (Fsp3) is 0.462. The standard InChI is InChI=1S/C13H18BrNO3/c1-3-6-15(7-8-16)13(17)11-5-4-10(14)9-12(11)18-2/h4-5,9,16H,3,6-8H2,1-2H3. The SMILES string of the molecule is CCCN(CCO)C(=O)c1ccc(Br)cc1OC. The molecule has 0 radical (unpaired) electrons. The number of carbonyl (C=O) groups excluding carboxylic acids is 1. The second kappa shape index (κ2) is 7.38. The third-order valence-corrected chi connectivity index (χ3v) is 3.04. The number of nitrogens with zero attached hydrogens (tertiary/aromatic N) is 1. The number of aliphatic hydroxyl groups is 1. The van der Waals surface area contributed by atoms with E-state index >= 15 is 0 Å². The van der Waals surface area contributed by atoms with Gasteiger partial charge in [0.05, 0.1) is 19.3 Å². The van der Waals surface area contributed by atoms with Gasteiger partial charge in [0.1, 0.15) is 5.75 Å². The van der Waals surface area contributed by atoms with Gasteiger partial charge in [-0.3, -0.25) is 4.79 Å². The molecule has 18 heavy (non-hydrogen) atoms. The molecule has 0 fully saturated rings. The number of amides is 1. The zero-order valence-corrected chi connectivity index (χ0v) is 12.2. The molecule has 5 heteroatoms. The average Bonchev–Trinajstić information content (AvgIpc) is 2.37. The van der Waals surface area contributed by atoms with Gasteiger partial charge in [0.2, 0.25) is 0 Å². The van der Waals surface area contributed by atoms with Gasteiger partial charge < -0.3 is 14.7 Å². The molecule has 1 amide bonds. The van der Waals surface area contributed by atoms with Crippen LogP contribution >= 0.6 is 15.9 Å². The molecule has 0 unspecified atom stereocenters. The van der Waals surface area contributed by atoms with E-state index in [1.54, 1.807) is 23.1 Å². The lowest BCUT2D eigenvalue weighted by Gasteiger charge is -2.22. The topological polar surface area (TPSA) is 49.8 Å². The summed E-state index contributed by atoms with van der Waals surface area (Å²) < 4.78 is 6.07. The van der Waals surface area contributed by atoms with Crippen LogP contribution in [0.15, 0.2) is 22.7 Å². The Labute approximate surface area is 116 Å². The first-order valence-corrected chi connectivity index (χ1v) is 6.67. The number of aliphatic hydroxyl groups excluding tert-OH is 1. The highest BCUT2D eigenvalue weighted by Crippen LogP contribution is 2.24. The highest BCUT2D eigenvalue weighted by molar-refractivity contribution is 9.10. The Balaban J connectivity index is 3.00. The molecule has 4 nitrogen and oxygen atoms in total. The molecule has 0 bridgehead atoms. The highest BCUT2D eigenvalue weighted by atomic mass is 79.9. The van der Waals surface area contributed by atoms with Crippen molar-refractivity contribution in [3.05, 3.63) is 28.2 Å². The molecular weight excluding hydrogens is 298 g/mol. The zero-order chi connectivity index (χ0) is 13.5. The van der Waals surface area contributed by atoms with E-state index in [-0.39, 0.29) is 12.5 Å². The van der Waals surface area contributed by atoms with E-state index in [0.29, 0.717) is 24.4 Å². The van der Waals surface area contributed by atoms with Gasteiger partial charge in [0.15, 0.2) is 0 Å². The summed E-state index contributed by atoms with van der Waals surface area (Å²) in [5.74, 6) is 0.420. The first-order valence-electron chi connectivity index (χ1n) is 5.87. The second-order valence-electron chi connectivity index (χ2n) is 3.86. The van der Waals surface area contributed by atoms with Crippen molar-refractivity contribution in [3.63, 3.8) is 0 Å². The molecule has 0 aliphatic rings. The number of ether oxygens (including phenoxy) is 1. The minimum Gasteiger partial charge on any atom is -0.496 e. The van der Waals surface area contributed by atoms with Crippen LogP contribution in [-0.4, -0.2) is 42.7 Å². The summed E-state index contributed by atoms with van der Waals surface area (Å²) in [5, 5.41) is 9.00. The van der Waals surface area contributed by atoms with Gasteiger partial charge in [-0.25, -0.2) is 0 Å². The van der Waals surface area contributed by atoms with Crippen molar-refractivity contribution in [3.8, 4) is 5.75 Å². The first-order chi connectivity index (χ1) is 8.63. The molecule has 0 heterocycles. The fourth-order valence-corrected chi connectivity index (χ4v) is 2.06. The minimum atomic E-state index is -0.116. The molecule has 1 aromatic carbocycles. The maximum atomic E-state index is 12.3. The van der Waals surface area contributed by atoms with E-state index in [0.717, 1.165) is 10.9 Å². The van der Waals surface area contributed by atoms with Crippen molar-refractivity contribution >= 4 is 21.8 Å². The van der Waals surface area contributed by atoms with Crippen LogP contribution in [0.2, 0.25) is 0 Å². The van der Waals surface area contributed by atoms with Gasteiger partial charge in [-0.2, -0.15) is 0 Å². The Bertz CT molecular complexity index is 403. The minimum absolute atomic E-state index is 0.0371. The molecule has 1 aromatic rings. The second-order valence-corrected chi connectivity index (χ2v) is 4.78. The van der Waals surface area contributed by atoms with E-state index in [1.807, 2.05) is 6.92 Å². The lowest BCUT2D eigenvalue weighted by molar-refractivity contribution is 0.0718. The van der Waals surface area contributed by atoms with Crippen LogP contribution in [0.25, 0.3) is 0 Å². The Morgan fingerprint density at radius 1 is 1.44 bits per heavy atom. The zero-order valence-electron chi connectivity index (χ0n) is 10.6. The summed E-state index contributed by atoms with van der Waals surface area (Å²) >= 11 is 3.34. The van der Waals surface area contributed by atoms with E-state index in [9.17, 15) is 4.79 Å². The van der Waals surface area contributed by atoms with Gasteiger partial charge in [-0.15, -0.1) is 0 Å². The quantitative estimate of drug-likeness (QED) is 0.876. The molecule has 1 rings (SSSR count). The number of benzene rings is 1. The predicted octanol–water partition coefficient (Wildman–Crippen LogP) is 2.30. The van der Waals surface area contributed by atoms with Crippen molar-refractivity contribution in [2.45, 2.75) is 13.3 Å². The van der Waals surface area contributed by atoms with Crippen LogP contribution in [0.4, 0.5) is 0 Å². The van der Waals surface area contributed by atoms with Gasteiger partial charge >= 0.3 is 0 Å². The number of halogens is 1. The molecule has 100 valence electrons. The third-order valence-electron chi connectivity index (χ3n) is 2.54. The Kier molecular flexibility index (Phi) is 6.15. The lowest BCUT2D eigenvalue weighted by atomic mass is 10.1. The summed E-state index contributed by atoms with van der Waals surface area (Å²) in [4.78, 5) is 14.0. The maximum Gasteiger partial charge on any atom is 0.257 e. The predicted molar refractivity (Wildman–Crippen MR) is 74.0 cm³/mol. The number of rotatable bonds is 6. The first kappa shape index (κ1) is 15.0. The molecule has 0 aromatic heterocycles. The molecule has 0 saturated carbocycles. The number of hydrogen-bond acceptors (Lipinski definition) is 3. The maximum absolute atomic E-state index is 12.3. The van der Waals surface area contributed by atoms with Gasteiger partial charge in [0.25, 0.3) is 5.91 Å². The van der Waals surface area contributed by atoms with E-state index in [1.165, 1.54) is 7.11 Å². The summed E-state index contributed by atoms with van der Waals surface area (Å²) in [5.41, 5.74) is 0.516. The van der Waals surface area contributed by atoms with Crippen molar-refractivity contribution in [2.24, 2.45) is 0 Å². The smallest absolute Gasteiger partial charge is 0.257 e. The van der Waals surface area contributed by atoms with Crippen molar-refractivity contribution in [2.75, 3.05) is 26.8 Å². The molecule has 0 aliphatic heterocycles. The number of methoxy groups -OCH3 is 1. The Hall–Kier alpha value is -1.07. The molecule has 0 atom stereocenters. The largest absolute Gasteiger partial charge is 0.496 e. The molecule has 0 aliphatic carbocycles. The van der Waals surface area contributed by atoms with Crippen molar-refractivity contribution < 1.29 is 14.6 Å². The molecular formula is C13H18BrNO3. The summed E-state index contributed by atoms with van der Waals surface area (Å²) in [6.07, 6.45) is 0.852. The summed E-state index contributed by atoms with van der Waals surface area (Å²) in [6, 6.07) is 5.29. The number of carbonyl (C=O) groups is 1. The van der Waals surface area contributed by atoms with Gasteiger partial charge in [0, 0.05) is 17.6 Å². The van der Waals surface area contributed by atoms with Crippen molar-refractivity contribution in [1.82, 2.24) is 4.90 Å². The normalized spacial score (nSPS) is 10.2. The van der Waals surface area contributed by atoms with Crippen LogP contribution in [0, 0.1) is 0 Å². The fourth-order valence-electron chi connectivity index (χ4n) is 1.72. The van der Waals surface area contributed by atoms with Gasteiger partial charge in [-0.1, -0.05) is 22.9 Å². The van der Waals surface area contributed by atoms with E-state index in [2.05, 4.69) is 15.9 Å².